The molecule has 5 amide bonds. The topological polar surface area (TPSA) is 108 Å². The summed E-state index contributed by atoms with van der Waals surface area (Å²) in [6.45, 7) is 6.35. The smallest absolute Gasteiger partial charge is 0.325 e. The number of anilines is 2. The Hall–Kier alpha value is -3.20. The Balaban J connectivity index is 1.32. The summed E-state index contributed by atoms with van der Waals surface area (Å²) in [5.41, 5.74) is 0.419. The van der Waals surface area contributed by atoms with Gasteiger partial charge in [-0.3, -0.25) is 19.3 Å². The number of carbonyl (C=O) groups is 4. The summed E-state index contributed by atoms with van der Waals surface area (Å²) in [5.74, 6) is -0.450. The van der Waals surface area contributed by atoms with Crippen LogP contribution in [0.4, 0.5) is 16.2 Å². The van der Waals surface area contributed by atoms with E-state index in [0.29, 0.717) is 35.0 Å². The number of benzene rings is 1. The summed E-state index contributed by atoms with van der Waals surface area (Å²) in [6.07, 6.45) is 4.02. The maximum Gasteiger partial charge on any atom is 0.325 e. The van der Waals surface area contributed by atoms with Crippen molar-refractivity contribution in [1.82, 2.24) is 10.2 Å². The van der Waals surface area contributed by atoms with E-state index in [-0.39, 0.29) is 23.8 Å². The zero-order chi connectivity index (χ0) is 25.2. The summed E-state index contributed by atoms with van der Waals surface area (Å²) in [6, 6.07) is 9.72. The van der Waals surface area contributed by atoms with E-state index < -0.39 is 17.5 Å². The molecular formula is C26H32N4O4S. The molecule has 2 aliphatic rings. The van der Waals surface area contributed by atoms with Crippen LogP contribution in [0.1, 0.15) is 62.5 Å². The van der Waals surface area contributed by atoms with Crippen LogP contribution in [0.3, 0.4) is 0 Å². The monoisotopic (exact) mass is 496 g/mol. The van der Waals surface area contributed by atoms with Gasteiger partial charge in [-0.15, -0.1) is 11.3 Å². The van der Waals surface area contributed by atoms with Crippen molar-refractivity contribution < 1.29 is 19.2 Å². The fourth-order valence-corrected chi connectivity index (χ4v) is 5.54. The molecule has 2 fully saturated rings. The molecule has 2 heterocycles. The molecule has 0 unspecified atom stereocenters. The molecule has 2 aromatic rings. The lowest BCUT2D eigenvalue weighted by atomic mass is 9.65. The van der Waals surface area contributed by atoms with E-state index in [2.05, 4.69) is 36.7 Å². The average molecular weight is 497 g/mol. The van der Waals surface area contributed by atoms with Crippen LogP contribution < -0.4 is 16.0 Å². The van der Waals surface area contributed by atoms with Gasteiger partial charge in [-0.2, -0.15) is 0 Å². The second-order valence-corrected chi connectivity index (χ2v) is 11.0. The van der Waals surface area contributed by atoms with Crippen LogP contribution in [0.25, 0.3) is 0 Å². The summed E-state index contributed by atoms with van der Waals surface area (Å²) < 4.78 is 0. The second-order valence-electron chi connectivity index (χ2n) is 10.1. The van der Waals surface area contributed by atoms with Crippen molar-refractivity contribution in [2.45, 2.75) is 58.4 Å². The van der Waals surface area contributed by atoms with Crippen LogP contribution in [-0.2, 0) is 9.59 Å². The van der Waals surface area contributed by atoms with Crippen molar-refractivity contribution in [3.05, 3.63) is 46.7 Å². The Kier molecular flexibility index (Phi) is 6.98. The van der Waals surface area contributed by atoms with Gasteiger partial charge in [0, 0.05) is 11.4 Å². The minimum absolute atomic E-state index is 0.198. The number of thiophene rings is 1. The molecule has 186 valence electrons. The summed E-state index contributed by atoms with van der Waals surface area (Å²) in [5, 5.41) is 10.2. The van der Waals surface area contributed by atoms with Gasteiger partial charge in [0.05, 0.1) is 4.88 Å². The highest BCUT2D eigenvalue weighted by atomic mass is 32.1. The summed E-state index contributed by atoms with van der Waals surface area (Å²) in [7, 11) is 0. The van der Waals surface area contributed by atoms with Gasteiger partial charge in [-0.1, -0.05) is 33.3 Å². The molecule has 1 aliphatic heterocycles. The number of hydrogen-bond donors (Lipinski definition) is 3. The number of amides is 5. The molecule has 3 N–H and O–H groups in total. The van der Waals surface area contributed by atoms with Crippen LogP contribution in [0, 0.1) is 11.3 Å². The minimum atomic E-state index is -0.889. The molecule has 0 atom stereocenters. The van der Waals surface area contributed by atoms with E-state index in [1.807, 2.05) is 11.4 Å². The molecule has 8 nitrogen and oxygen atoms in total. The number of hydrogen-bond acceptors (Lipinski definition) is 5. The fraction of sp³-hybridized carbons (Fsp3) is 0.462. The van der Waals surface area contributed by atoms with E-state index in [1.165, 1.54) is 11.3 Å². The summed E-state index contributed by atoms with van der Waals surface area (Å²) >= 11 is 1.35. The zero-order valence-corrected chi connectivity index (χ0v) is 21.2. The van der Waals surface area contributed by atoms with Crippen molar-refractivity contribution in [3.63, 3.8) is 0 Å². The highest BCUT2D eigenvalue weighted by Gasteiger charge is 2.53. The molecule has 0 bridgehead atoms. The predicted octanol–water partition coefficient (Wildman–Crippen LogP) is 4.86. The highest BCUT2D eigenvalue weighted by Crippen LogP contribution is 2.45. The van der Waals surface area contributed by atoms with Crippen molar-refractivity contribution in [2.24, 2.45) is 11.3 Å². The third kappa shape index (κ3) is 5.24. The molecule has 1 aromatic carbocycles. The normalized spacial score (nSPS) is 22.3. The lowest BCUT2D eigenvalue weighted by Crippen LogP contribution is -2.51. The maximum atomic E-state index is 13.2. The fourth-order valence-electron chi connectivity index (χ4n) is 4.92. The third-order valence-electron chi connectivity index (χ3n) is 7.57. The Morgan fingerprint density at radius 2 is 1.71 bits per heavy atom. The van der Waals surface area contributed by atoms with Crippen molar-refractivity contribution in [2.75, 3.05) is 17.2 Å². The third-order valence-corrected chi connectivity index (χ3v) is 8.44. The molecule has 1 aromatic heterocycles. The Labute approximate surface area is 209 Å². The lowest BCUT2D eigenvalue weighted by molar-refractivity contribution is -0.135. The van der Waals surface area contributed by atoms with Gasteiger partial charge >= 0.3 is 6.03 Å². The quantitative estimate of drug-likeness (QED) is 0.476. The van der Waals surface area contributed by atoms with Crippen LogP contribution >= 0.6 is 11.3 Å². The SMILES string of the molecule is CCC(C)(C)C1CCC2(CC1)NC(=O)N(CC(=O)Nc1ccc(NC(=O)c3cccs3)cc1)C2=O. The molecule has 1 saturated carbocycles. The number of rotatable bonds is 7. The first-order chi connectivity index (χ1) is 16.6. The van der Waals surface area contributed by atoms with Crippen LogP contribution in [0.2, 0.25) is 0 Å². The molecular weight excluding hydrogens is 464 g/mol. The first kappa shape index (κ1) is 24.9. The molecule has 4 rings (SSSR count). The Bertz CT molecular complexity index is 1100. The number of urea groups is 1. The zero-order valence-electron chi connectivity index (χ0n) is 20.3. The van der Waals surface area contributed by atoms with E-state index in [0.717, 1.165) is 24.2 Å². The van der Waals surface area contributed by atoms with Crippen LogP contribution in [0.5, 0.6) is 0 Å². The lowest BCUT2D eigenvalue weighted by Gasteiger charge is -2.42. The number of imide groups is 1. The maximum absolute atomic E-state index is 13.2. The Morgan fingerprint density at radius 1 is 1.09 bits per heavy atom. The van der Waals surface area contributed by atoms with E-state index in [4.69, 9.17) is 0 Å². The van der Waals surface area contributed by atoms with E-state index in [1.54, 1.807) is 30.3 Å². The first-order valence-corrected chi connectivity index (χ1v) is 12.9. The number of nitrogens with one attached hydrogen (secondary N) is 3. The average Bonchev–Trinajstić information content (AvgIpc) is 3.45. The van der Waals surface area contributed by atoms with Crippen LogP contribution in [0.15, 0.2) is 41.8 Å². The van der Waals surface area contributed by atoms with E-state index in [9.17, 15) is 19.2 Å². The van der Waals surface area contributed by atoms with Crippen molar-refractivity contribution in [1.29, 1.82) is 0 Å². The van der Waals surface area contributed by atoms with Gasteiger partial charge in [0.1, 0.15) is 12.1 Å². The standard InChI is InChI=1S/C26H32N4O4S/c1-4-25(2,3)17-11-13-26(14-12-17)23(33)30(24(34)29-26)16-21(31)27-18-7-9-19(10-8-18)28-22(32)20-6-5-15-35-20/h5-10,15,17H,4,11-14,16H2,1-3H3,(H,27,31)(H,28,32)(H,29,34). The molecule has 9 heteroatoms. The largest absolute Gasteiger partial charge is 0.325 e. The Morgan fingerprint density at radius 3 is 2.29 bits per heavy atom. The molecule has 1 spiro atoms. The van der Waals surface area contributed by atoms with Gasteiger partial charge < -0.3 is 16.0 Å². The van der Waals surface area contributed by atoms with Gasteiger partial charge in [-0.25, -0.2) is 4.79 Å². The van der Waals surface area contributed by atoms with Gasteiger partial charge in [0.2, 0.25) is 5.91 Å². The van der Waals surface area contributed by atoms with Crippen molar-refractivity contribution >= 4 is 46.5 Å². The van der Waals surface area contributed by atoms with Gasteiger partial charge in [0.15, 0.2) is 0 Å². The highest BCUT2D eigenvalue weighted by molar-refractivity contribution is 7.12. The van der Waals surface area contributed by atoms with Crippen LogP contribution in [-0.4, -0.2) is 40.7 Å². The molecule has 35 heavy (non-hydrogen) atoms. The minimum Gasteiger partial charge on any atom is -0.325 e. The summed E-state index contributed by atoms with van der Waals surface area (Å²) in [4.78, 5) is 52.2. The first-order valence-electron chi connectivity index (χ1n) is 12.0. The molecule has 1 saturated heterocycles. The van der Waals surface area contributed by atoms with Gasteiger partial charge in [-0.05, 0) is 72.7 Å². The number of carbonyl (C=O) groups excluding carboxylic acids is 4. The van der Waals surface area contributed by atoms with Crippen molar-refractivity contribution in [3.8, 4) is 0 Å². The predicted molar refractivity (Wildman–Crippen MR) is 136 cm³/mol. The number of nitrogens with zero attached hydrogens (tertiary/aromatic N) is 1. The molecule has 1 aliphatic carbocycles. The second kappa shape index (κ2) is 9.81. The molecule has 0 radical (unpaired) electrons. The van der Waals surface area contributed by atoms with Gasteiger partial charge in [0.25, 0.3) is 11.8 Å². The van der Waals surface area contributed by atoms with E-state index >= 15 is 0 Å².